The van der Waals surface area contributed by atoms with E-state index in [2.05, 4.69) is 10.6 Å². The lowest BCUT2D eigenvalue weighted by Crippen LogP contribution is -2.20. The van der Waals surface area contributed by atoms with Gasteiger partial charge in [0.05, 0.1) is 18.3 Å². The number of esters is 1. The molecule has 29 heavy (non-hydrogen) atoms. The van der Waals surface area contributed by atoms with E-state index in [4.69, 9.17) is 9.47 Å². The van der Waals surface area contributed by atoms with Crippen molar-refractivity contribution in [2.24, 2.45) is 0 Å². The van der Waals surface area contributed by atoms with E-state index in [9.17, 15) is 14.4 Å². The topological polar surface area (TPSA) is 93.7 Å². The van der Waals surface area contributed by atoms with Gasteiger partial charge in [0.1, 0.15) is 5.75 Å². The Morgan fingerprint density at radius 2 is 1.76 bits per heavy atom. The molecule has 2 amide bonds. The highest BCUT2D eigenvalue weighted by molar-refractivity contribution is 6.16. The van der Waals surface area contributed by atoms with Crippen molar-refractivity contribution < 1.29 is 23.9 Å². The van der Waals surface area contributed by atoms with Crippen LogP contribution in [0.15, 0.2) is 71.4 Å². The number of allylic oxidation sites excluding steroid dienone is 1. The maximum Gasteiger partial charge on any atom is 0.340 e. The minimum Gasteiger partial charge on any atom is -0.484 e. The number of para-hydroxylation sites is 1. The van der Waals surface area contributed by atoms with Crippen molar-refractivity contribution in [1.29, 1.82) is 0 Å². The van der Waals surface area contributed by atoms with E-state index >= 15 is 0 Å². The lowest BCUT2D eigenvalue weighted by atomic mass is 10.0. The highest BCUT2D eigenvalue weighted by Gasteiger charge is 2.30. The second-order valence-corrected chi connectivity index (χ2v) is 6.28. The SMILES string of the molecule is COC(=O)C1=C(C)NC(=O)/C1=C\c1ccc(OCC(=O)Nc2ccccc2)cc1. The average molecular weight is 392 g/mol. The van der Waals surface area contributed by atoms with Crippen LogP contribution in [0.5, 0.6) is 5.75 Å². The first-order valence-corrected chi connectivity index (χ1v) is 8.88. The fourth-order valence-electron chi connectivity index (χ4n) is 2.81. The number of hydrogen-bond donors (Lipinski definition) is 2. The molecule has 7 nitrogen and oxygen atoms in total. The Morgan fingerprint density at radius 1 is 1.07 bits per heavy atom. The standard InChI is InChI=1S/C22H20N2O5/c1-14-20(22(27)28-2)18(21(26)23-14)12-15-8-10-17(11-9-15)29-13-19(25)24-16-6-4-3-5-7-16/h3-12H,13H2,1-2H3,(H,23,26)(H,24,25)/b18-12-. The third-order valence-corrected chi connectivity index (χ3v) is 4.20. The van der Waals surface area contributed by atoms with Gasteiger partial charge in [-0.3, -0.25) is 9.59 Å². The molecule has 0 saturated heterocycles. The maximum atomic E-state index is 12.1. The first-order valence-electron chi connectivity index (χ1n) is 8.88. The molecule has 0 radical (unpaired) electrons. The summed E-state index contributed by atoms with van der Waals surface area (Å²) in [5.74, 6) is -0.697. The molecule has 7 heteroatoms. The summed E-state index contributed by atoms with van der Waals surface area (Å²) in [5.41, 5.74) is 2.31. The quantitative estimate of drug-likeness (QED) is 0.582. The number of nitrogens with one attached hydrogen (secondary N) is 2. The molecule has 0 aromatic heterocycles. The number of hydrogen-bond acceptors (Lipinski definition) is 5. The number of benzene rings is 2. The van der Waals surface area contributed by atoms with E-state index in [0.717, 1.165) is 0 Å². The maximum absolute atomic E-state index is 12.1. The van der Waals surface area contributed by atoms with E-state index in [1.165, 1.54) is 7.11 Å². The second kappa shape index (κ2) is 8.88. The number of carbonyl (C=O) groups excluding carboxylic acids is 3. The summed E-state index contributed by atoms with van der Waals surface area (Å²) in [6.45, 7) is 1.51. The Hall–Kier alpha value is -3.87. The van der Waals surface area contributed by atoms with E-state index in [-0.39, 0.29) is 29.6 Å². The summed E-state index contributed by atoms with van der Waals surface area (Å²) in [4.78, 5) is 36.0. The smallest absolute Gasteiger partial charge is 0.340 e. The summed E-state index contributed by atoms with van der Waals surface area (Å²) in [5, 5.41) is 5.35. The molecule has 0 saturated carbocycles. The molecule has 1 heterocycles. The zero-order valence-electron chi connectivity index (χ0n) is 16.0. The fourth-order valence-corrected chi connectivity index (χ4v) is 2.81. The highest BCUT2D eigenvalue weighted by atomic mass is 16.5. The van der Waals surface area contributed by atoms with Gasteiger partial charge in [0.25, 0.3) is 11.8 Å². The van der Waals surface area contributed by atoms with Gasteiger partial charge in [-0.25, -0.2) is 4.79 Å². The fraction of sp³-hybridized carbons (Fsp3) is 0.136. The van der Waals surface area contributed by atoms with Gasteiger partial charge in [-0.1, -0.05) is 30.3 Å². The van der Waals surface area contributed by atoms with Crippen LogP contribution in [0.25, 0.3) is 6.08 Å². The Morgan fingerprint density at radius 3 is 2.41 bits per heavy atom. The van der Waals surface area contributed by atoms with Crippen LogP contribution in [-0.4, -0.2) is 31.5 Å². The molecule has 0 fully saturated rings. The minimum atomic E-state index is -0.573. The monoisotopic (exact) mass is 392 g/mol. The number of methoxy groups -OCH3 is 1. The molecule has 0 aliphatic carbocycles. The minimum absolute atomic E-state index is 0.133. The third kappa shape index (κ3) is 4.90. The van der Waals surface area contributed by atoms with Crippen LogP contribution in [0, 0.1) is 0 Å². The van der Waals surface area contributed by atoms with Crippen LogP contribution in [-0.2, 0) is 19.1 Å². The molecule has 2 aromatic rings. The van der Waals surface area contributed by atoms with Gasteiger partial charge in [-0.2, -0.15) is 0 Å². The summed E-state index contributed by atoms with van der Waals surface area (Å²) < 4.78 is 10.2. The van der Waals surface area contributed by atoms with E-state index in [1.807, 2.05) is 18.2 Å². The summed E-state index contributed by atoms with van der Waals surface area (Å²) in [6.07, 6.45) is 1.60. The number of carbonyl (C=O) groups is 3. The molecule has 2 N–H and O–H groups in total. The van der Waals surface area contributed by atoms with Crippen molar-refractivity contribution >= 4 is 29.5 Å². The molecule has 0 bridgehead atoms. The lowest BCUT2D eigenvalue weighted by Gasteiger charge is -2.08. The Labute approximate surface area is 168 Å². The second-order valence-electron chi connectivity index (χ2n) is 6.28. The highest BCUT2D eigenvalue weighted by Crippen LogP contribution is 2.25. The van der Waals surface area contributed by atoms with Crippen LogP contribution < -0.4 is 15.4 Å². The number of ether oxygens (including phenoxy) is 2. The number of anilines is 1. The summed E-state index contributed by atoms with van der Waals surface area (Å²) >= 11 is 0. The van der Waals surface area contributed by atoms with Crippen molar-refractivity contribution in [3.63, 3.8) is 0 Å². The first kappa shape index (κ1) is 19.9. The van der Waals surface area contributed by atoms with Gasteiger partial charge in [0.15, 0.2) is 6.61 Å². The summed E-state index contributed by atoms with van der Waals surface area (Å²) in [7, 11) is 1.27. The molecule has 0 atom stereocenters. The van der Waals surface area contributed by atoms with Crippen molar-refractivity contribution in [3.05, 3.63) is 77.0 Å². The Bertz CT molecular complexity index is 992. The van der Waals surface area contributed by atoms with Gasteiger partial charge < -0.3 is 20.1 Å². The average Bonchev–Trinajstić information content (AvgIpc) is 3.00. The molecule has 3 rings (SSSR count). The van der Waals surface area contributed by atoms with Crippen LogP contribution in [0.4, 0.5) is 5.69 Å². The van der Waals surface area contributed by atoms with Gasteiger partial charge in [0, 0.05) is 11.4 Å². The van der Waals surface area contributed by atoms with Crippen LogP contribution >= 0.6 is 0 Å². The third-order valence-electron chi connectivity index (χ3n) is 4.20. The zero-order chi connectivity index (χ0) is 20.8. The molecular weight excluding hydrogens is 372 g/mol. The molecular formula is C22H20N2O5. The van der Waals surface area contributed by atoms with Gasteiger partial charge >= 0.3 is 5.97 Å². The first-order chi connectivity index (χ1) is 14.0. The Balaban J connectivity index is 1.64. The van der Waals surface area contributed by atoms with E-state index < -0.39 is 5.97 Å². The molecule has 0 spiro atoms. The summed E-state index contributed by atoms with van der Waals surface area (Å²) in [6, 6.07) is 15.9. The van der Waals surface area contributed by atoms with Gasteiger partial charge in [-0.05, 0) is 42.8 Å². The lowest BCUT2D eigenvalue weighted by molar-refractivity contribution is -0.136. The van der Waals surface area contributed by atoms with Crippen LogP contribution in [0.3, 0.4) is 0 Å². The van der Waals surface area contributed by atoms with Crippen molar-refractivity contribution in [3.8, 4) is 5.75 Å². The van der Waals surface area contributed by atoms with E-state index in [0.29, 0.717) is 22.7 Å². The van der Waals surface area contributed by atoms with Gasteiger partial charge in [0.2, 0.25) is 0 Å². The van der Waals surface area contributed by atoms with Crippen LogP contribution in [0.1, 0.15) is 12.5 Å². The van der Waals surface area contributed by atoms with Crippen molar-refractivity contribution in [1.82, 2.24) is 5.32 Å². The number of rotatable bonds is 6. The molecule has 1 aliphatic heterocycles. The van der Waals surface area contributed by atoms with Crippen molar-refractivity contribution in [2.75, 3.05) is 19.0 Å². The van der Waals surface area contributed by atoms with Crippen LogP contribution in [0.2, 0.25) is 0 Å². The number of amides is 2. The van der Waals surface area contributed by atoms with Crippen molar-refractivity contribution in [2.45, 2.75) is 6.92 Å². The van der Waals surface area contributed by atoms with E-state index in [1.54, 1.807) is 49.4 Å². The molecule has 1 aliphatic rings. The Kier molecular flexibility index (Phi) is 6.09. The molecule has 0 unspecified atom stereocenters. The molecule has 148 valence electrons. The zero-order valence-corrected chi connectivity index (χ0v) is 16.0. The molecule has 2 aromatic carbocycles. The largest absolute Gasteiger partial charge is 0.484 e. The normalized spacial score (nSPS) is 14.6. The van der Waals surface area contributed by atoms with Gasteiger partial charge in [-0.15, -0.1) is 0 Å². The predicted octanol–water partition coefficient (Wildman–Crippen LogP) is 2.66. The predicted molar refractivity (Wildman–Crippen MR) is 108 cm³/mol.